The molecule has 1 aromatic rings. The third kappa shape index (κ3) is 3.44. The van der Waals surface area contributed by atoms with Gasteiger partial charge in [-0.2, -0.15) is 0 Å². The average Bonchev–Trinajstić information content (AvgIpc) is 2.15. The molecule has 0 heterocycles. The highest BCUT2D eigenvalue weighted by molar-refractivity contribution is 9.10. The normalized spacial score (nSPS) is 9.08. The van der Waals surface area contributed by atoms with E-state index in [1.165, 1.54) is 6.07 Å². The fraction of sp³-hybridized carbons (Fsp3) is 0.400. The van der Waals surface area contributed by atoms with Crippen LogP contribution in [-0.2, 0) is 6.61 Å². The van der Waals surface area contributed by atoms with Crippen molar-refractivity contribution in [1.29, 1.82) is 0 Å². The van der Waals surface area contributed by atoms with Gasteiger partial charge in [-0.15, -0.1) is 0 Å². The molecule has 0 spiro atoms. The van der Waals surface area contributed by atoms with Gasteiger partial charge in [0.05, 0.1) is 11.1 Å². The Labute approximate surface area is 86.7 Å². The molecule has 0 unspecified atom stereocenters. The molecule has 0 amide bonds. The van der Waals surface area contributed by atoms with Crippen LogP contribution < -0.4 is 0 Å². The molecule has 0 fully saturated rings. The van der Waals surface area contributed by atoms with Gasteiger partial charge in [0, 0.05) is 0 Å². The van der Waals surface area contributed by atoms with Gasteiger partial charge in [-0.05, 0) is 46.1 Å². The molecular weight excluding hydrogens is 235 g/mol. The SMILES string of the molecule is CC.Cc1cc(F)c(Br)cc1CO. The van der Waals surface area contributed by atoms with Gasteiger partial charge < -0.3 is 5.11 Å². The number of aryl methyl sites for hydroxylation is 1. The minimum Gasteiger partial charge on any atom is -0.392 e. The summed E-state index contributed by atoms with van der Waals surface area (Å²) in [7, 11) is 0. The molecular formula is C10H14BrFO. The van der Waals surface area contributed by atoms with Crippen LogP contribution in [0.3, 0.4) is 0 Å². The Morgan fingerprint density at radius 3 is 2.38 bits per heavy atom. The van der Waals surface area contributed by atoms with Crippen molar-refractivity contribution in [1.82, 2.24) is 0 Å². The zero-order chi connectivity index (χ0) is 10.4. The van der Waals surface area contributed by atoms with E-state index in [1.807, 2.05) is 13.8 Å². The molecule has 0 aliphatic heterocycles. The van der Waals surface area contributed by atoms with E-state index in [0.717, 1.165) is 11.1 Å². The van der Waals surface area contributed by atoms with Gasteiger partial charge in [-0.1, -0.05) is 13.8 Å². The molecule has 0 aliphatic carbocycles. The van der Waals surface area contributed by atoms with Crippen LogP contribution in [0.1, 0.15) is 25.0 Å². The number of aliphatic hydroxyl groups is 1. The van der Waals surface area contributed by atoms with Crippen molar-refractivity contribution in [2.75, 3.05) is 0 Å². The quantitative estimate of drug-likeness (QED) is 0.808. The molecule has 0 saturated carbocycles. The number of rotatable bonds is 1. The summed E-state index contributed by atoms with van der Waals surface area (Å²) in [6, 6.07) is 2.99. The highest BCUT2D eigenvalue weighted by atomic mass is 79.9. The highest BCUT2D eigenvalue weighted by Gasteiger charge is 2.03. The molecule has 1 N–H and O–H groups in total. The van der Waals surface area contributed by atoms with Crippen molar-refractivity contribution in [3.63, 3.8) is 0 Å². The van der Waals surface area contributed by atoms with Gasteiger partial charge in [-0.3, -0.25) is 0 Å². The van der Waals surface area contributed by atoms with Crippen LogP contribution in [0.25, 0.3) is 0 Å². The molecule has 1 nitrogen and oxygen atoms in total. The molecule has 0 bridgehead atoms. The second kappa shape index (κ2) is 6.11. The number of hydrogen-bond acceptors (Lipinski definition) is 1. The summed E-state index contributed by atoms with van der Waals surface area (Å²) < 4.78 is 13.2. The maximum absolute atomic E-state index is 12.8. The zero-order valence-corrected chi connectivity index (χ0v) is 9.65. The summed E-state index contributed by atoms with van der Waals surface area (Å²) in [6.45, 7) is 5.71. The third-order valence-electron chi connectivity index (χ3n) is 1.55. The van der Waals surface area contributed by atoms with Crippen LogP contribution in [0.4, 0.5) is 4.39 Å². The Morgan fingerprint density at radius 2 is 1.92 bits per heavy atom. The number of halogens is 2. The maximum atomic E-state index is 12.8. The molecule has 1 rings (SSSR count). The lowest BCUT2D eigenvalue weighted by molar-refractivity contribution is 0.281. The summed E-state index contributed by atoms with van der Waals surface area (Å²) >= 11 is 3.03. The number of benzene rings is 1. The lowest BCUT2D eigenvalue weighted by atomic mass is 10.1. The Balaban J connectivity index is 0.000000671. The van der Waals surface area contributed by atoms with Crippen molar-refractivity contribution in [3.05, 3.63) is 33.5 Å². The minimum absolute atomic E-state index is 0.0509. The van der Waals surface area contributed by atoms with Gasteiger partial charge in [-0.25, -0.2) is 4.39 Å². The van der Waals surface area contributed by atoms with Crippen LogP contribution in [0.15, 0.2) is 16.6 Å². The topological polar surface area (TPSA) is 20.2 Å². The molecule has 0 atom stereocenters. The van der Waals surface area contributed by atoms with Crippen LogP contribution in [0.2, 0.25) is 0 Å². The largest absolute Gasteiger partial charge is 0.392 e. The van der Waals surface area contributed by atoms with Crippen molar-refractivity contribution in [2.24, 2.45) is 0 Å². The summed E-state index contributed by atoms with van der Waals surface area (Å²) in [5, 5.41) is 8.79. The molecule has 3 heteroatoms. The molecule has 0 aromatic heterocycles. The second-order valence-electron chi connectivity index (χ2n) is 2.35. The van der Waals surface area contributed by atoms with E-state index in [9.17, 15) is 4.39 Å². The van der Waals surface area contributed by atoms with Crippen molar-refractivity contribution < 1.29 is 9.50 Å². The van der Waals surface area contributed by atoms with E-state index in [1.54, 1.807) is 13.0 Å². The Bertz CT molecular complexity index is 274. The van der Waals surface area contributed by atoms with Gasteiger partial charge in [0.2, 0.25) is 0 Å². The van der Waals surface area contributed by atoms with Crippen LogP contribution in [0.5, 0.6) is 0 Å². The van der Waals surface area contributed by atoms with Gasteiger partial charge in [0.25, 0.3) is 0 Å². The Hall–Kier alpha value is -0.410. The summed E-state index contributed by atoms with van der Waals surface area (Å²) in [5.74, 6) is -0.292. The molecule has 0 radical (unpaired) electrons. The molecule has 0 saturated heterocycles. The first-order valence-electron chi connectivity index (χ1n) is 4.20. The lowest BCUT2D eigenvalue weighted by Crippen LogP contribution is -1.90. The molecule has 74 valence electrons. The Kier molecular flexibility index (Phi) is 5.91. The predicted octanol–water partition coefficient (Wildman–Crippen LogP) is 3.42. The van der Waals surface area contributed by atoms with E-state index in [-0.39, 0.29) is 12.4 Å². The van der Waals surface area contributed by atoms with Crippen molar-refractivity contribution >= 4 is 15.9 Å². The minimum atomic E-state index is -0.292. The zero-order valence-electron chi connectivity index (χ0n) is 8.06. The standard InChI is InChI=1S/C8H8BrFO.C2H6/c1-5-2-8(10)7(9)3-6(5)4-11;1-2/h2-3,11H,4H2,1H3;1-2H3. The molecule has 0 aliphatic rings. The first kappa shape index (κ1) is 12.6. The van der Waals surface area contributed by atoms with Crippen molar-refractivity contribution in [2.45, 2.75) is 27.4 Å². The first-order chi connectivity index (χ1) is 6.15. The third-order valence-corrected chi connectivity index (χ3v) is 2.16. The maximum Gasteiger partial charge on any atom is 0.137 e. The van der Waals surface area contributed by atoms with Crippen LogP contribution >= 0.6 is 15.9 Å². The first-order valence-corrected chi connectivity index (χ1v) is 5.00. The van der Waals surface area contributed by atoms with Crippen LogP contribution in [-0.4, -0.2) is 5.11 Å². The summed E-state index contributed by atoms with van der Waals surface area (Å²) in [4.78, 5) is 0. The predicted molar refractivity (Wildman–Crippen MR) is 56.1 cm³/mol. The Morgan fingerprint density at radius 1 is 1.38 bits per heavy atom. The van der Waals surface area contributed by atoms with Gasteiger partial charge in [0.1, 0.15) is 5.82 Å². The fourth-order valence-corrected chi connectivity index (χ4v) is 1.25. The molecule has 13 heavy (non-hydrogen) atoms. The van der Waals surface area contributed by atoms with Crippen molar-refractivity contribution in [3.8, 4) is 0 Å². The van der Waals surface area contributed by atoms with E-state index < -0.39 is 0 Å². The molecule has 1 aromatic carbocycles. The van der Waals surface area contributed by atoms with E-state index in [4.69, 9.17) is 5.11 Å². The smallest absolute Gasteiger partial charge is 0.137 e. The number of aliphatic hydroxyl groups excluding tert-OH is 1. The fourth-order valence-electron chi connectivity index (χ4n) is 0.858. The van der Waals surface area contributed by atoms with Gasteiger partial charge in [0.15, 0.2) is 0 Å². The van der Waals surface area contributed by atoms with Crippen LogP contribution in [0, 0.1) is 12.7 Å². The van der Waals surface area contributed by atoms with E-state index in [2.05, 4.69) is 15.9 Å². The lowest BCUT2D eigenvalue weighted by Gasteiger charge is -2.02. The summed E-state index contributed by atoms with van der Waals surface area (Å²) in [5.41, 5.74) is 1.52. The monoisotopic (exact) mass is 248 g/mol. The summed E-state index contributed by atoms with van der Waals surface area (Å²) in [6.07, 6.45) is 0. The number of hydrogen-bond donors (Lipinski definition) is 1. The highest BCUT2D eigenvalue weighted by Crippen LogP contribution is 2.20. The van der Waals surface area contributed by atoms with Gasteiger partial charge >= 0.3 is 0 Å². The van der Waals surface area contributed by atoms with E-state index >= 15 is 0 Å². The second-order valence-corrected chi connectivity index (χ2v) is 3.21. The average molecular weight is 249 g/mol. The van der Waals surface area contributed by atoms with E-state index in [0.29, 0.717) is 4.47 Å².